The van der Waals surface area contributed by atoms with Gasteiger partial charge in [-0.05, 0) is 84.1 Å². The maximum Gasteiger partial charge on any atom is 0.351 e. The average molecular weight is 900 g/mol. The van der Waals surface area contributed by atoms with Crippen LogP contribution in [0.1, 0.15) is 207 Å². The minimum atomic E-state index is -2.36. The highest BCUT2D eigenvalue weighted by atomic mass is 16.6. The molecule has 15 nitrogen and oxygen atoms in total. The van der Waals surface area contributed by atoms with Gasteiger partial charge in [-0.1, -0.05) is 97.8 Å². The van der Waals surface area contributed by atoms with E-state index in [1.165, 1.54) is 7.05 Å². The zero-order chi connectivity index (χ0) is 46.7. The molecule has 0 aromatic heterocycles. The molecule has 0 heterocycles. The van der Waals surface area contributed by atoms with Crippen molar-refractivity contribution in [1.82, 2.24) is 5.32 Å². The minimum absolute atomic E-state index is 0.0120. The fourth-order valence-electron chi connectivity index (χ4n) is 6.49. The predicted octanol–water partition coefficient (Wildman–Crippen LogP) is 9.12. The first kappa shape index (κ1) is 59.2. The Hall–Kier alpha value is -3.75. The van der Waals surface area contributed by atoms with Crippen LogP contribution in [0.3, 0.4) is 0 Å². The number of likely N-dealkylation sites (N-methyl/N-ethyl adjacent to an activating group) is 1. The van der Waals surface area contributed by atoms with Gasteiger partial charge in [-0.15, -0.1) is 0 Å². The van der Waals surface area contributed by atoms with Crippen molar-refractivity contribution in [1.29, 1.82) is 0 Å². The van der Waals surface area contributed by atoms with Gasteiger partial charge in [-0.2, -0.15) is 0 Å². The number of hydrogen-bond acceptors (Lipinski definition) is 15. The molecule has 0 fully saturated rings. The Balaban J connectivity index is 5.25. The molecule has 0 bridgehead atoms. The highest BCUT2D eigenvalue weighted by Crippen LogP contribution is 2.26. The lowest BCUT2D eigenvalue weighted by molar-refractivity contribution is -0.191. The Morgan fingerprint density at radius 3 is 0.952 bits per heavy atom. The van der Waals surface area contributed by atoms with E-state index in [2.05, 4.69) is 26.1 Å². The third-order valence-corrected chi connectivity index (χ3v) is 10.2. The van der Waals surface area contributed by atoms with E-state index in [1.54, 1.807) is 0 Å². The van der Waals surface area contributed by atoms with Gasteiger partial charge in [-0.25, -0.2) is 4.79 Å². The van der Waals surface area contributed by atoms with Crippen molar-refractivity contribution in [2.75, 3.05) is 53.2 Å². The van der Waals surface area contributed by atoms with E-state index >= 15 is 0 Å². The molecule has 0 aromatic rings. The molecule has 0 unspecified atom stereocenters. The number of hydrogen-bond donors (Lipinski definition) is 1. The van der Waals surface area contributed by atoms with Crippen LogP contribution in [0.25, 0.3) is 0 Å². The number of ether oxygens (including phenoxy) is 7. The van der Waals surface area contributed by atoms with Gasteiger partial charge in [0.05, 0.1) is 59.0 Å². The molecule has 1 N–H and O–H groups in total. The van der Waals surface area contributed by atoms with Crippen molar-refractivity contribution in [2.24, 2.45) is 0 Å². The molecular weight excluding hydrogens is 815 g/mol. The third kappa shape index (κ3) is 36.3. The molecule has 0 saturated carbocycles. The van der Waals surface area contributed by atoms with Gasteiger partial charge in [0.15, 0.2) is 0 Å². The SMILES string of the molecule is CCCCCCCC(=O)OCCCCCOC(=O)CC(CC(=O)OCCCCCOC(=O)CCCCCCC)(OC(=O)CNC)C(=O)OCCCCCOC(=O)CCCCCCC. The summed E-state index contributed by atoms with van der Waals surface area (Å²) in [5.74, 6) is -4.43. The number of nitrogens with one attached hydrogen (secondary N) is 1. The molecule has 0 saturated heterocycles. The fraction of sp³-hybridized carbons (Fsp3) is 0.854. The smallest absolute Gasteiger partial charge is 0.351 e. The summed E-state index contributed by atoms with van der Waals surface area (Å²) in [6.45, 7) is 6.72. The molecule has 0 aliphatic rings. The van der Waals surface area contributed by atoms with Crippen LogP contribution in [0.4, 0.5) is 0 Å². The van der Waals surface area contributed by atoms with E-state index in [9.17, 15) is 33.6 Å². The first-order valence-corrected chi connectivity index (χ1v) is 24.3. The van der Waals surface area contributed by atoms with E-state index in [-0.39, 0.29) is 64.1 Å². The van der Waals surface area contributed by atoms with E-state index in [1.807, 2.05) is 0 Å². The molecule has 0 rings (SSSR count). The summed E-state index contributed by atoms with van der Waals surface area (Å²) in [5, 5.41) is 2.64. The molecule has 0 aliphatic carbocycles. The molecule has 366 valence electrons. The van der Waals surface area contributed by atoms with Crippen molar-refractivity contribution in [3.63, 3.8) is 0 Å². The summed E-state index contributed by atoms with van der Waals surface area (Å²) in [7, 11) is 1.50. The monoisotopic (exact) mass is 900 g/mol. The number of carbonyl (C=O) groups is 7. The maximum absolute atomic E-state index is 13.8. The summed E-state index contributed by atoms with van der Waals surface area (Å²) < 4.78 is 37.9. The fourth-order valence-corrected chi connectivity index (χ4v) is 6.49. The molecule has 0 atom stereocenters. The van der Waals surface area contributed by atoms with Gasteiger partial charge in [0.1, 0.15) is 0 Å². The molecule has 63 heavy (non-hydrogen) atoms. The van der Waals surface area contributed by atoms with Crippen LogP contribution in [0.5, 0.6) is 0 Å². The number of unbranched alkanes of at least 4 members (excludes halogenated alkanes) is 18. The molecule has 0 aromatic carbocycles. The van der Waals surface area contributed by atoms with Crippen molar-refractivity contribution < 1.29 is 66.7 Å². The minimum Gasteiger partial charge on any atom is -0.466 e. The molecule has 0 amide bonds. The van der Waals surface area contributed by atoms with Crippen molar-refractivity contribution in [3.8, 4) is 0 Å². The molecule has 0 spiro atoms. The Bertz CT molecular complexity index is 1170. The second kappa shape index (κ2) is 42.2. The van der Waals surface area contributed by atoms with Crippen molar-refractivity contribution in [2.45, 2.75) is 213 Å². The van der Waals surface area contributed by atoms with Gasteiger partial charge in [-0.3, -0.25) is 28.8 Å². The second-order valence-electron chi connectivity index (χ2n) is 16.3. The maximum atomic E-state index is 13.8. The Morgan fingerprint density at radius 1 is 0.349 bits per heavy atom. The van der Waals surface area contributed by atoms with Crippen LogP contribution in [-0.4, -0.2) is 101 Å². The Morgan fingerprint density at radius 2 is 0.635 bits per heavy atom. The normalized spacial score (nSPS) is 11.1. The summed E-state index contributed by atoms with van der Waals surface area (Å²) in [6.07, 6.45) is 19.9. The summed E-state index contributed by atoms with van der Waals surface area (Å²) >= 11 is 0. The van der Waals surface area contributed by atoms with Crippen LogP contribution in [0.15, 0.2) is 0 Å². The Kier molecular flexibility index (Phi) is 39.7. The zero-order valence-electron chi connectivity index (χ0n) is 39.7. The van der Waals surface area contributed by atoms with Crippen molar-refractivity contribution in [3.05, 3.63) is 0 Å². The standard InChI is InChI=1S/C48H85NO14/c1-5-8-11-14-20-29-41(50)57-32-23-17-26-35-60-44(53)38-48(63-46(55)40-49-4,47(56)62-37-28-19-25-34-59-43(52)31-22-16-13-10-7-3)39-45(54)61-36-27-18-24-33-58-42(51)30-21-15-12-9-6-2/h49H,5-40H2,1-4H3. The third-order valence-electron chi connectivity index (χ3n) is 10.2. The molecular formula is C48H85NO14. The largest absolute Gasteiger partial charge is 0.466 e. The number of carbonyl (C=O) groups excluding carboxylic acids is 7. The van der Waals surface area contributed by atoms with Gasteiger partial charge in [0, 0.05) is 19.3 Å². The lowest BCUT2D eigenvalue weighted by Crippen LogP contribution is -2.49. The highest BCUT2D eigenvalue weighted by molar-refractivity contribution is 5.92. The Labute approximate surface area is 378 Å². The van der Waals surface area contributed by atoms with Crippen LogP contribution in [0, 0.1) is 0 Å². The predicted molar refractivity (Wildman–Crippen MR) is 239 cm³/mol. The van der Waals surface area contributed by atoms with Crippen LogP contribution >= 0.6 is 0 Å². The molecule has 15 heteroatoms. The van der Waals surface area contributed by atoms with E-state index in [0.717, 1.165) is 96.3 Å². The topological polar surface area (TPSA) is 196 Å². The lowest BCUT2D eigenvalue weighted by Gasteiger charge is -2.30. The lowest BCUT2D eigenvalue weighted by atomic mass is 9.94. The van der Waals surface area contributed by atoms with E-state index in [0.29, 0.717) is 77.0 Å². The van der Waals surface area contributed by atoms with Gasteiger partial charge in [0.2, 0.25) is 5.60 Å². The zero-order valence-corrected chi connectivity index (χ0v) is 39.7. The first-order valence-electron chi connectivity index (χ1n) is 24.3. The van der Waals surface area contributed by atoms with E-state index < -0.39 is 42.3 Å². The van der Waals surface area contributed by atoms with Gasteiger partial charge < -0.3 is 38.5 Å². The van der Waals surface area contributed by atoms with Gasteiger partial charge in [0.25, 0.3) is 0 Å². The quantitative estimate of drug-likeness (QED) is 0.0345. The summed E-state index contributed by atoms with van der Waals surface area (Å²) in [4.78, 5) is 89.0. The van der Waals surface area contributed by atoms with Crippen LogP contribution in [-0.2, 0) is 66.7 Å². The summed E-state index contributed by atoms with van der Waals surface area (Å²) in [5.41, 5.74) is -2.36. The molecule has 0 aliphatic heterocycles. The van der Waals surface area contributed by atoms with Crippen LogP contribution in [0.2, 0.25) is 0 Å². The number of esters is 7. The average Bonchev–Trinajstić information content (AvgIpc) is 3.25. The van der Waals surface area contributed by atoms with Crippen molar-refractivity contribution >= 4 is 41.8 Å². The van der Waals surface area contributed by atoms with Crippen LogP contribution < -0.4 is 5.32 Å². The van der Waals surface area contributed by atoms with E-state index in [4.69, 9.17) is 33.2 Å². The first-order chi connectivity index (χ1) is 30.5. The molecule has 0 radical (unpaired) electrons. The van der Waals surface area contributed by atoms with Gasteiger partial charge >= 0.3 is 41.8 Å². The number of rotatable bonds is 44. The summed E-state index contributed by atoms with van der Waals surface area (Å²) in [6, 6.07) is 0. The second-order valence-corrected chi connectivity index (χ2v) is 16.3. The highest BCUT2D eigenvalue weighted by Gasteiger charge is 2.49.